The third-order valence-corrected chi connectivity index (χ3v) is 4.51. The normalized spacial score (nSPS) is 26.1. The minimum absolute atomic E-state index is 0.0496. The van der Waals surface area contributed by atoms with Crippen LogP contribution in [0.1, 0.15) is 13.8 Å². The van der Waals surface area contributed by atoms with Crippen LogP contribution in [0.4, 0.5) is 0 Å². The summed E-state index contributed by atoms with van der Waals surface area (Å²) in [5, 5.41) is 5.70. The predicted molar refractivity (Wildman–Crippen MR) is 90.1 cm³/mol. The van der Waals surface area contributed by atoms with Crippen molar-refractivity contribution in [2.45, 2.75) is 19.4 Å². The van der Waals surface area contributed by atoms with Crippen molar-refractivity contribution in [3.05, 3.63) is 58.8 Å². The Morgan fingerprint density at radius 2 is 2.14 bits per heavy atom. The van der Waals surface area contributed by atoms with Crippen molar-refractivity contribution in [2.24, 2.45) is 5.92 Å². The lowest BCUT2D eigenvalue weighted by molar-refractivity contribution is 0.541. The highest BCUT2D eigenvalue weighted by molar-refractivity contribution is 5.85. The maximum atomic E-state index is 6.15. The quantitative estimate of drug-likeness (QED) is 0.815. The van der Waals surface area contributed by atoms with Crippen LogP contribution < -0.4 is 16.0 Å². The van der Waals surface area contributed by atoms with Crippen LogP contribution in [-0.4, -0.2) is 5.54 Å². The molecule has 2 nitrogen and oxygen atoms in total. The second-order valence-electron chi connectivity index (χ2n) is 6.13. The van der Waals surface area contributed by atoms with Gasteiger partial charge in [-0.15, -0.1) is 6.42 Å². The molecule has 1 aliphatic heterocycles. The molecule has 108 valence electrons. The Balaban J connectivity index is 2.08. The lowest BCUT2D eigenvalue weighted by Gasteiger charge is -2.33. The fourth-order valence-corrected chi connectivity index (χ4v) is 3.56. The van der Waals surface area contributed by atoms with Crippen molar-refractivity contribution < 1.29 is 4.42 Å². The molecule has 0 radical (unpaired) electrons. The van der Waals surface area contributed by atoms with Crippen molar-refractivity contribution >= 4 is 22.6 Å². The largest absolute Gasteiger partial charge is 0.456 e. The molecule has 1 aliphatic carbocycles. The average molecular weight is 287 g/mol. The molecule has 2 heteroatoms. The molecule has 0 saturated heterocycles. The van der Waals surface area contributed by atoms with Gasteiger partial charge in [0.2, 0.25) is 0 Å². The zero-order valence-corrected chi connectivity index (χ0v) is 12.7. The maximum Gasteiger partial charge on any atom is 0.138 e. The molecule has 0 bridgehead atoms. The number of nitrogens with one attached hydrogen (secondary N) is 1. The number of fused-ring (bicyclic) bond motifs is 3. The van der Waals surface area contributed by atoms with E-state index in [9.17, 15) is 0 Å². The second-order valence-corrected chi connectivity index (χ2v) is 6.13. The smallest absolute Gasteiger partial charge is 0.138 e. The van der Waals surface area contributed by atoms with E-state index in [2.05, 4.69) is 49.4 Å². The van der Waals surface area contributed by atoms with Crippen LogP contribution in [0.25, 0.3) is 22.6 Å². The maximum absolute atomic E-state index is 6.15. The molecule has 0 spiro atoms. The number of para-hydroxylation sites is 1. The number of hydrogen-bond donors (Lipinski definition) is 1. The Bertz CT molecular complexity index is 996. The van der Waals surface area contributed by atoms with E-state index in [1.165, 1.54) is 5.57 Å². The molecule has 22 heavy (non-hydrogen) atoms. The van der Waals surface area contributed by atoms with Gasteiger partial charge in [-0.2, -0.15) is 0 Å². The fraction of sp³-hybridized carbons (Fsp3) is 0.200. The summed E-state index contributed by atoms with van der Waals surface area (Å²) in [6.45, 7) is 4.25. The van der Waals surface area contributed by atoms with E-state index in [1.807, 2.05) is 24.4 Å². The van der Waals surface area contributed by atoms with Crippen LogP contribution in [0.5, 0.6) is 0 Å². The number of dihydropyridines is 1. The van der Waals surface area contributed by atoms with Crippen LogP contribution >= 0.6 is 0 Å². The molecule has 2 unspecified atom stereocenters. The third-order valence-electron chi connectivity index (χ3n) is 4.51. The standard InChI is InChI=1S/C20H17NO/c1-4-14-11-16-15-7-5-6-8-17(15)22-19(16)18(14)20(3)12-13(2)9-10-21-20/h1,5-12,14,21H,2-3H3. The van der Waals surface area contributed by atoms with Crippen LogP contribution in [0.2, 0.25) is 0 Å². The van der Waals surface area contributed by atoms with Gasteiger partial charge < -0.3 is 9.73 Å². The summed E-state index contributed by atoms with van der Waals surface area (Å²) < 4.78 is 6.15. The summed E-state index contributed by atoms with van der Waals surface area (Å²) in [6.07, 6.45) is 14.2. The minimum Gasteiger partial charge on any atom is -0.456 e. The Kier molecular flexibility index (Phi) is 2.62. The van der Waals surface area contributed by atoms with Gasteiger partial charge in [0.05, 0.1) is 11.5 Å². The van der Waals surface area contributed by atoms with E-state index in [0.29, 0.717) is 0 Å². The third kappa shape index (κ3) is 1.69. The van der Waals surface area contributed by atoms with Gasteiger partial charge in [-0.25, -0.2) is 0 Å². The molecule has 2 aliphatic rings. The Morgan fingerprint density at radius 3 is 2.91 bits per heavy atom. The zero-order chi connectivity index (χ0) is 15.3. The van der Waals surface area contributed by atoms with Gasteiger partial charge >= 0.3 is 0 Å². The van der Waals surface area contributed by atoms with E-state index in [1.54, 1.807) is 0 Å². The summed E-state index contributed by atoms with van der Waals surface area (Å²) in [5.74, 6) is 2.85. The SMILES string of the molecule is C#CC1C=c2c(oc3ccccc23)=C1C1(C)C=C(C)C=CN1. The van der Waals surface area contributed by atoms with Crippen LogP contribution in [0.3, 0.4) is 0 Å². The molecule has 4 rings (SSSR count). The predicted octanol–water partition coefficient (Wildman–Crippen LogP) is 2.45. The molecule has 1 aromatic heterocycles. The number of furan rings is 1. The molecule has 0 fully saturated rings. The molecular formula is C20H17NO. The van der Waals surface area contributed by atoms with E-state index < -0.39 is 0 Å². The summed E-state index contributed by atoms with van der Waals surface area (Å²) in [5.41, 5.74) is 3.83. The van der Waals surface area contributed by atoms with Crippen LogP contribution in [0.15, 0.2) is 52.6 Å². The van der Waals surface area contributed by atoms with Crippen molar-refractivity contribution in [2.75, 3.05) is 0 Å². The molecule has 0 amide bonds. The van der Waals surface area contributed by atoms with Crippen molar-refractivity contribution in [3.63, 3.8) is 0 Å². The van der Waals surface area contributed by atoms with Crippen molar-refractivity contribution in [1.82, 2.24) is 5.32 Å². The lowest BCUT2D eigenvalue weighted by Crippen LogP contribution is -2.44. The second kappa shape index (κ2) is 4.42. The summed E-state index contributed by atoms with van der Waals surface area (Å²) in [4.78, 5) is 0. The van der Waals surface area contributed by atoms with Crippen molar-refractivity contribution in [3.8, 4) is 12.3 Å². The lowest BCUT2D eigenvalue weighted by atomic mass is 9.82. The number of allylic oxidation sites excluding steroid dienone is 2. The first-order valence-corrected chi connectivity index (χ1v) is 7.46. The van der Waals surface area contributed by atoms with Crippen molar-refractivity contribution in [1.29, 1.82) is 0 Å². The summed E-state index contributed by atoms with van der Waals surface area (Å²) in [6, 6.07) is 8.11. The molecule has 1 aromatic carbocycles. The topological polar surface area (TPSA) is 25.2 Å². The Hall–Kier alpha value is -2.66. The Morgan fingerprint density at radius 1 is 1.32 bits per heavy atom. The number of hydrogen-bond acceptors (Lipinski definition) is 2. The van der Waals surface area contributed by atoms with Gasteiger partial charge in [0, 0.05) is 16.2 Å². The van der Waals surface area contributed by atoms with Gasteiger partial charge in [-0.05, 0) is 32.2 Å². The highest BCUT2D eigenvalue weighted by Gasteiger charge is 2.35. The Labute approximate surface area is 129 Å². The first kappa shape index (κ1) is 13.0. The molecule has 2 heterocycles. The molecule has 1 N–H and O–H groups in total. The first-order valence-electron chi connectivity index (χ1n) is 7.46. The number of rotatable bonds is 1. The van der Waals surface area contributed by atoms with E-state index in [4.69, 9.17) is 10.8 Å². The van der Waals surface area contributed by atoms with E-state index in [-0.39, 0.29) is 11.5 Å². The minimum atomic E-state index is -0.328. The molecule has 2 atom stereocenters. The molecular weight excluding hydrogens is 270 g/mol. The average Bonchev–Trinajstić information content (AvgIpc) is 3.02. The van der Waals surface area contributed by atoms with Crippen LogP contribution in [0, 0.1) is 18.3 Å². The monoisotopic (exact) mass is 287 g/mol. The van der Waals surface area contributed by atoms with Gasteiger partial charge in [0.1, 0.15) is 11.0 Å². The van der Waals surface area contributed by atoms with Gasteiger partial charge in [0.25, 0.3) is 0 Å². The zero-order valence-electron chi connectivity index (χ0n) is 12.7. The van der Waals surface area contributed by atoms with Gasteiger partial charge in [0.15, 0.2) is 0 Å². The van der Waals surface area contributed by atoms with E-state index in [0.717, 1.165) is 27.2 Å². The summed E-state index contributed by atoms with van der Waals surface area (Å²) >= 11 is 0. The molecule has 0 saturated carbocycles. The highest BCUT2D eigenvalue weighted by Crippen LogP contribution is 2.32. The summed E-state index contributed by atoms with van der Waals surface area (Å²) in [7, 11) is 0. The van der Waals surface area contributed by atoms with Gasteiger partial charge in [-0.1, -0.05) is 41.8 Å². The molecule has 2 aromatic rings. The van der Waals surface area contributed by atoms with E-state index >= 15 is 0 Å². The first-order chi connectivity index (χ1) is 10.6. The fourth-order valence-electron chi connectivity index (χ4n) is 3.56. The number of terminal acetylenes is 1. The van der Waals surface area contributed by atoms with Gasteiger partial charge in [-0.3, -0.25) is 0 Å². The highest BCUT2D eigenvalue weighted by atomic mass is 16.3. The number of benzene rings is 1. The van der Waals surface area contributed by atoms with Crippen LogP contribution in [-0.2, 0) is 0 Å².